The van der Waals surface area contributed by atoms with Crippen molar-refractivity contribution in [2.24, 2.45) is 5.10 Å². The van der Waals surface area contributed by atoms with Gasteiger partial charge in [-0.2, -0.15) is 10.2 Å². The van der Waals surface area contributed by atoms with E-state index < -0.39 is 5.91 Å². The predicted octanol–water partition coefficient (Wildman–Crippen LogP) is 2.92. The Labute approximate surface area is 148 Å². The van der Waals surface area contributed by atoms with E-state index in [1.807, 2.05) is 17.5 Å². The van der Waals surface area contributed by atoms with E-state index in [0.29, 0.717) is 17.1 Å². The van der Waals surface area contributed by atoms with E-state index in [4.69, 9.17) is 9.47 Å². The van der Waals surface area contributed by atoms with Crippen molar-refractivity contribution in [3.8, 4) is 22.1 Å². The molecule has 3 rings (SSSR count). The van der Waals surface area contributed by atoms with Crippen molar-refractivity contribution in [3.05, 3.63) is 53.0 Å². The van der Waals surface area contributed by atoms with Crippen LogP contribution in [0.5, 0.6) is 11.5 Å². The van der Waals surface area contributed by atoms with Crippen molar-refractivity contribution >= 4 is 23.5 Å². The van der Waals surface area contributed by atoms with Crippen LogP contribution in [0, 0.1) is 0 Å². The first-order valence-corrected chi connectivity index (χ1v) is 8.24. The molecule has 128 valence electrons. The second kappa shape index (κ2) is 7.63. The number of amides is 1. The van der Waals surface area contributed by atoms with Gasteiger partial charge in [0, 0.05) is 11.6 Å². The van der Waals surface area contributed by atoms with Gasteiger partial charge in [-0.25, -0.2) is 5.43 Å². The van der Waals surface area contributed by atoms with Crippen LogP contribution in [0.15, 0.2) is 46.9 Å². The number of ether oxygens (including phenoxy) is 2. The van der Waals surface area contributed by atoms with Gasteiger partial charge in [-0.15, -0.1) is 11.3 Å². The third-order valence-electron chi connectivity index (χ3n) is 3.41. The lowest BCUT2D eigenvalue weighted by Crippen LogP contribution is -2.18. The smallest absolute Gasteiger partial charge is 0.291 e. The van der Waals surface area contributed by atoms with E-state index in [9.17, 15) is 4.79 Å². The molecule has 0 aliphatic heterocycles. The van der Waals surface area contributed by atoms with Gasteiger partial charge in [0.25, 0.3) is 5.91 Å². The molecule has 0 atom stereocenters. The van der Waals surface area contributed by atoms with Crippen LogP contribution >= 0.6 is 11.3 Å². The number of methoxy groups -OCH3 is 2. The fourth-order valence-electron chi connectivity index (χ4n) is 2.14. The van der Waals surface area contributed by atoms with E-state index in [0.717, 1.165) is 10.6 Å². The maximum Gasteiger partial charge on any atom is 0.291 e. The number of carbonyl (C=O) groups is 1. The van der Waals surface area contributed by atoms with E-state index in [1.54, 1.807) is 49.8 Å². The first kappa shape index (κ1) is 16.7. The van der Waals surface area contributed by atoms with Crippen LogP contribution in [0.2, 0.25) is 0 Å². The number of nitrogens with one attached hydrogen (secondary N) is 2. The molecule has 1 amide bonds. The molecule has 1 aromatic carbocycles. The molecule has 3 aromatic rings. The number of benzene rings is 1. The number of hydrogen-bond acceptors (Lipinski definition) is 6. The van der Waals surface area contributed by atoms with Crippen molar-refractivity contribution < 1.29 is 14.3 Å². The Hall–Kier alpha value is -3.13. The Morgan fingerprint density at radius 3 is 2.88 bits per heavy atom. The summed E-state index contributed by atoms with van der Waals surface area (Å²) in [6.45, 7) is 0. The minimum atomic E-state index is -0.400. The van der Waals surface area contributed by atoms with Crippen molar-refractivity contribution in [1.29, 1.82) is 0 Å². The minimum Gasteiger partial charge on any atom is -0.497 e. The van der Waals surface area contributed by atoms with Crippen LogP contribution in [0.3, 0.4) is 0 Å². The number of rotatable bonds is 6. The lowest BCUT2D eigenvalue weighted by molar-refractivity contribution is 0.0950. The van der Waals surface area contributed by atoms with Crippen LogP contribution in [0.25, 0.3) is 10.6 Å². The average Bonchev–Trinajstić information content (AvgIpc) is 3.33. The van der Waals surface area contributed by atoms with Crippen molar-refractivity contribution in [3.63, 3.8) is 0 Å². The summed E-state index contributed by atoms with van der Waals surface area (Å²) in [4.78, 5) is 13.1. The van der Waals surface area contributed by atoms with Crippen LogP contribution in [-0.4, -0.2) is 36.5 Å². The monoisotopic (exact) mass is 356 g/mol. The molecule has 0 saturated carbocycles. The second-order valence-electron chi connectivity index (χ2n) is 4.95. The van der Waals surface area contributed by atoms with Gasteiger partial charge in [0.15, 0.2) is 5.69 Å². The standard InChI is InChI=1S/C17H16N4O3S/c1-23-12-6-5-11(15(8-12)24-2)10-18-21-17(22)14-9-13(19-20-14)16-4-3-7-25-16/h3-10H,1-2H3,(H,19,20)(H,21,22)/b18-10-. The van der Waals surface area contributed by atoms with E-state index >= 15 is 0 Å². The largest absolute Gasteiger partial charge is 0.497 e. The SMILES string of the molecule is COc1ccc(/C=N\NC(=O)c2cc(-c3cccs3)[nH]n2)c(OC)c1. The summed E-state index contributed by atoms with van der Waals surface area (Å²) in [6.07, 6.45) is 1.50. The molecule has 0 spiro atoms. The van der Waals surface area contributed by atoms with Crippen molar-refractivity contribution in [2.45, 2.75) is 0 Å². The van der Waals surface area contributed by atoms with E-state index in [-0.39, 0.29) is 5.69 Å². The molecule has 0 fully saturated rings. The summed E-state index contributed by atoms with van der Waals surface area (Å²) < 4.78 is 10.4. The van der Waals surface area contributed by atoms with E-state index in [2.05, 4.69) is 20.7 Å². The Bertz CT molecular complexity index is 887. The van der Waals surface area contributed by atoms with Gasteiger partial charge in [-0.05, 0) is 29.6 Å². The fourth-order valence-corrected chi connectivity index (χ4v) is 2.83. The third-order valence-corrected chi connectivity index (χ3v) is 4.31. The van der Waals surface area contributed by atoms with Crippen LogP contribution < -0.4 is 14.9 Å². The quantitative estimate of drug-likeness (QED) is 0.525. The van der Waals surface area contributed by atoms with Crippen LogP contribution in [-0.2, 0) is 0 Å². The van der Waals surface area contributed by atoms with Gasteiger partial charge in [0.05, 0.1) is 31.0 Å². The molecule has 2 N–H and O–H groups in total. The maximum absolute atomic E-state index is 12.1. The molecule has 8 heteroatoms. The summed E-state index contributed by atoms with van der Waals surface area (Å²) >= 11 is 1.57. The molecular formula is C17H16N4O3S. The molecule has 0 aliphatic carbocycles. The number of hydrazone groups is 1. The molecule has 0 aliphatic rings. The lowest BCUT2D eigenvalue weighted by atomic mass is 10.2. The highest BCUT2D eigenvalue weighted by atomic mass is 32.1. The van der Waals surface area contributed by atoms with Gasteiger partial charge < -0.3 is 9.47 Å². The molecule has 25 heavy (non-hydrogen) atoms. The first-order chi connectivity index (χ1) is 12.2. The molecule has 0 unspecified atom stereocenters. The second-order valence-corrected chi connectivity index (χ2v) is 5.90. The fraction of sp³-hybridized carbons (Fsp3) is 0.118. The van der Waals surface area contributed by atoms with Crippen LogP contribution in [0.1, 0.15) is 16.1 Å². The summed E-state index contributed by atoms with van der Waals surface area (Å²) in [5.74, 6) is 0.871. The molecule has 7 nitrogen and oxygen atoms in total. The number of hydrogen-bond donors (Lipinski definition) is 2. The number of H-pyrrole nitrogens is 1. The number of aromatic amines is 1. The van der Waals surface area contributed by atoms with Gasteiger partial charge in [-0.3, -0.25) is 9.89 Å². The molecular weight excluding hydrogens is 340 g/mol. The Kier molecular flexibility index (Phi) is 5.10. The molecule has 2 aromatic heterocycles. The van der Waals surface area contributed by atoms with Crippen molar-refractivity contribution in [1.82, 2.24) is 15.6 Å². The minimum absolute atomic E-state index is 0.266. The summed E-state index contributed by atoms with van der Waals surface area (Å²) in [7, 11) is 3.14. The highest BCUT2D eigenvalue weighted by Gasteiger charge is 2.11. The highest BCUT2D eigenvalue weighted by molar-refractivity contribution is 7.13. The van der Waals surface area contributed by atoms with E-state index in [1.165, 1.54) is 6.21 Å². The van der Waals surface area contributed by atoms with Crippen molar-refractivity contribution in [2.75, 3.05) is 14.2 Å². The number of aromatic nitrogens is 2. The Balaban J connectivity index is 1.67. The molecule has 2 heterocycles. The Morgan fingerprint density at radius 1 is 1.28 bits per heavy atom. The van der Waals surface area contributed by atoms with Gasteiger partial charge in [-0.1, -0.05) is 6.07 Å². The molecule has 0 bridgehead atoms. The van der Waals surface area contributed by atoms with Gasteiger partial charge in [0.2, 0.25) is 0 Å². The number of nitrogens with zero attached hydrogens (tertiary/aromatic N) is 2. The van der Waals surface area contributed by atoms with Gasteiger partial charge in [0.1, 0.15) is 11.5 Å². The number of carbonyl (C=O) groups excluding carboxylic acids is 1. The lowest BCUT2D eigenvalue weighted by Gasteiger charge is -2.06. The molecule has 0 radical (unpaired) electrons. The summed E-state index contributed by atoms with van der Waals surface area (Å²) in [6, 6.07) is 10.9. The summed E-state index contributed by atoms with van der Waals surface area (Å²) in [5, 5.41) is 12.8. The summed E-state index contributed by atoms with van der Waals surface area (Å²) in [5.41, 5.74) is 4.22. The number of thiophene rings is 1. The van der Waals surface area contributed by atoms with Crippen LogP contribution in [0.4, 0.5) is 0 Å². The maximum atomic E-state index is 12.1. The normalized spacial score (nSPS) is 10.8. The third kappa shape index (κ3) is 3.86. The highest BCUT2D eigenvalue weighted by Crippen LogP contribution is 2.24. The topological polar surface area (TPSA) is 88.6 Å². The zero-order valence-corrected chi connectivity index (χ0v) is 14.5. The Morgan fingerprint density at radius 2 is 2.16 bits per heavy atom. The zero-order chi connectivity index (χ0) is 17.6. The predicted molar refractivity (Wildman–Crippen MR) is 96.5 cm³/mol. The first-order valence-electron chi connectivity index (χ1n) is 7.36. The average molecular weight is 356 g/mol. The molecule has 0 saturated heterocycles. The zero-order valence-electron chi connectivity index (χ0n) is 13.6. The van der Waals surface area contributed by atoms with Gasteiger partial charge >= 0.3 is 0 Å².